The van der Waals surface area contributed by atoms with Crippen molar-refractivity contribution < 1.29 is 8.42 Å². The third kappa shape index (κ3) is 3.45. The van der Waals surface area contributed by atoms with Crippen LogP contribution in [0.1, 0.15) is 26.3 Å². The molecule has 0 aliphatic rings. The van der Waals surface area contributed by atoms with E-state index in [1.54, 1.807) is 45.0 Å². The lowest BCUT2D eigenvalue weighted by Crippen LogP contribution is -2.47. The van der Waals surface area contributed by atoms with E-state index >= 15 is 0 Å². The summed E-state index contributed by atoms with van der Waals surface area (Å²) >= 11 is 0. The molecule has 0 aromatic heterocycles. The Balaban J connectivity index is 3.15. The molecule has 1 aromatic carbocycles. The number of nitrogens with zero attached hydrogens (tertiary/aromatic N) is 2. The number of anilines is 1. The van der Waals surface area contributed by atoms with Crippen molar-refractivity contribution in [2.45, 2.75) is 26.3 Å². The number of para-hydroxylation sites is 1. The molecule has 1 N–H and O–H groups in total. The van der Waals surface area contributed by atoms with Crippen LogP contribution in [-0.4, -0.2) is 21.0 Å². The summed E-state index contributed by atoms with van der Waals surface area (Å²) in [5, 5.41) is 8.97. The van der Waals surface area contributed by atoms with E-state index in [2.05, 4.69) is 4.72 Å². The molecule has 18 heavy (non-hydrogen) atoms. The summed E-state index contributed by atoms with van der Waals surface area (Å²) in [6, 6.07) is 8.54. The molecule has 0 aliphatic carbocycles. The van der Waals surface area contributed by atoms with E-state index in [1.807, 2.05) is 6.07 Å². The van der Waals surface area contributed by atoms with Crippen LogP contribution in [0.15, 0.2) is 24.3 Å². The number of hydrogen-bond donors (Lipinski definition) is 1. The molecule has 0 bridgehead atoms. The molecule has 0 amide bonds. The molecule has 1 aromatic rings. The van der Waals surface area contributed by atoms with E-state index in [0.717, 1.165) is 4.31 Å². The summed E-state index contributed by atoms with van der Waals surface area (Å²) in [4.78, 5) is 0. The van der Waals surface area contributed by atoms with Crippen LogP contribution in [0.3, 0.4) is 0 Å². The number of hydrogen-bond acceptors (Lipinski definition) is 3. The zero-order valence-electron chi connectivity index (χ0n) is 10.9. The largest absolute Gasteiger partial charge is 0.301 e. The minimum atomic E-state index is -3.67. The first kappa shape index (κ1) is 14.5. The van der Waals surface area contributed by atoms with Gasteiger partial charge in [0.25, 0.3) is 0 Å². The van der Waals surface area contributed by atoms with E-state index in [9.17, 15) is 8.42 Å². The average molecular weight is 267 g/mol. The molecule has 0 radical (unpaired) electrons. The van der Waals surface area contributed by atoms with Crippen molar-refractivity contribution in [1.82, 2.24) is 4.72 Å². The first-order chi connectivity index (χ1) is 8.17. The van der Waals surface area contributed by atoms with Crippen LogP contribution in [0.25, 0.3) is 0 Å². The second kappa shape index (κ2) is 4.96. The fourth-order valence-corrected chi connectivity index (χ4v) is 2.76. The SMILES string of the molecule is CN(c1ccccc1C#N)S(=O)(=O)NC(C)(C)C. The summed E-state index contributed by atoms with van der Waals surface area (Å²) in [5.41, 5.74) is 0.102. The normalized spacial score (nSPS) is 11.9. The Morgan fingerprint density at radius 1 is 1.28 bits per heavy atom. The highest BCUT2D eigenvalue weighted by Gasteiger charge is 2.25. The Morgan fingerprint density at radius 2 is 1.83 bits per heavy atom. The van der Waals surface area contributed by atoms with E-state index in [1.165, 1.54) is 7.05 Å². The van der Waals surface area contributed by atoms with Gasteiger partial charge in [0.2, 0.25) is 0 Å². The smallest absolute Gasteiger partial charge is 0.260 e. The minimum absolute atomic E-state index is 0.319. The highest BCUT2D eigenvalue weighted by molar-refractivity contribution is 7.90. The maximum absolute atomic E-state index is 12.1. The Morgan fingerprint density at radius 3 is 2.33 bits per heavy atom. The Labute approximate surface area is 108 Å². The Kier molecular flexibility index (Phi) is 3.99. The lowest BCUT2D eigenvalue weighted by Gasteiger charge is -2.26. The topological polar surface area (TPSA) is 73.2 Å². The summed E-state index contributed by atoms with van der Waals surface area (Å²) in [7, 11) is -2.25. The molecular formula is C12H17N3O2S. The molecule has 5 nitrogen and oxygen atoms in total. The van der Waals surface area contributed by atoms with Crippen molar-refractivity contribution in [1.29, 1.82) is 5.26 Å². The molecule has 0 unspecified atom stereocenters. The summed E-state index contributed by atoms with van der Waals surface area (Å²) in [6.45, 7) is 5.28. The maximum atomic E-state index is 12.1. The highest BCUT2D eigenvalue weighted by atomic mass is 32.2. The van der Waals surface area contributed by atoms with Gasteiger partial charge in [0.15, 0.2) is 0 Å². The molecule has 0 fully saturated rings. The van der Waals surface area contributed by atoms with Crippen molar-refractivity contribution in [3.05, 3.63) is 29.8 Å². The molecule has 1 rings (SSSR count). The molecule has 6 heteroatoms. The van der Waals surface area contributed by atoms with E-state index in [4.69, 9.17) is 5.26 Å². The van der Waals surface area contributed by atoms with Gasteiger partial charge >= 0.3 is 10.2 Å². The lowest BCUT2D eigenvalue weighted by atomic mass is 10.1. The van der Waals surface area contributed by atoms with Crippen LogP contribution in [0, 0.1) is 11.3 Å². The Hall–Kier alpha value is -1.58. The van der Waals surface area contributed by atoms with Crippen molar-refractivity contribution >= 4 is 15.9 Å². The summed E-state index contributed by atoms with van der Waals surface area (Å²) < 4.78 is 27.9. The third-order valence-corrected chi connectivity index (χ3v) is 3.95. The van der Waals surface area contributed by atoms with Crippen molar-refractivity contribution in [3.8, 4) is 6.07 Å². The van der Waals surface area contributed by atoms with Gasteiger partial charge in [0.1, 0.15) is 6.07 Å². The molecule has 0 atom stereocenters. The molecule has 0 aliphatic heterocycles. The highest BCUT2D eigenvalue weighted by Crippen LogP contribution is 2.21. The zero-order valence-corrected chi connectivity index (χ0v) is 11.7. The zero-order chi connectivity index (χ0) is 14.0. The van der Waals surface area contributed by atoms with Gasteiger partial charge in [0, 0.05) is 12.6 Å². The van der Waals surface area contributed by atoms with E-state index in [-0.39, 0.29) is 0 Å². The van der Waals surface area contributed by atoms with E-state index in [0.29, 0.717) is 11.3 Å². The standard InChI is InChI=1S/C12H17N3O2S/c1-12(2,3)14-18(16,17)15(4)11-8-6-5-7-10(11)9-13/h5-8,14H,1-4H3. The molecule has 0 heterocycles. The van der Waals surface area contributed by atoms with Crippen molar-refractivity contribution in [3.63, 3.8) is 0 Å². The number of benzene rings is 1. The fraction of sp³-hybridized carbons (Fsp3) is 0.417. The molecular weight excluding hydrogens is 250 g/mol. The van der Waals surface area contributed by atoms with Gasteiger partial charge in [-0.3, -0.25) is 4.31 Å². The van der Waals surface area contributed by atoms with Crippen molar-refractivity contribution in [2.75, 3.05) is 11.4 Å². The third-order valence-electron chi connectivity index (χ3n) is 2.16. The number of nitrogens with one attached hydrogen (secondary N) is 1. The van der Waals surface area contributed by atoms with Gasteiger partial charge in [-0.1, -0.05) is 12.1 Å². The number of nitriles is 1. The summed E-state index contributed by atoms with van der Waals surface area (Å²) in [5.74, 6) is 0. The quantitative estimate of drug-likeness (QED) is 0.904. The predicted octanol–water partition coefficient (Wildman–Crippen LogP) is 1.63. The minimum Gasteiger partial charge on any atom is -0.260 e. The van der Waals surface area contributed by atoms with Gasteiger partial charge in [-0.2, -0.15) is 18.4 Å². The van der Waals surface area contributed by atoms with Crippen LogP contribution in [-0.2, 0) is 10.2 Å². The predicted molar refractivity (Wildman–Crippen MR) is 71.4 cm³/mol. The Bertz CT molecular complexity index is 568. The van der Waals surface area contributed by atoms with Gasteiger partial charge in [0.05, 0.1) is 11.3 Å². The van der Waals surface area contributed by atoms with Crippen molar-refractivity contribution in [2.24, 2.45) is 0 Å². The second-order valence-corrected chi connectivity index (χ2v) is 6.66. The van der Waals surface area contributed by atoms with Crippen LogP contribution >= 0.6 is 0 Å². The first-order valence-corrected chi connectivity index (χ1v) is 6.88. The molecule has 0 saturated carbocycles. The number of rotatable bonds is 3. The van der Waals surface area contributed by atoms with E-state index < -0.39 is 15.7 Å². The van der Waals surface area contributed by atoms with Gasteiger partial charge in [-0.25, -0.2) is 0 Å². The second-order valence-electron chi connectivity index (χ2n) is 4.95. The fourth-order valence-electron chi connectivity index (χ4n) is 1.43. The van der Waals surface area contributed by atoms with Crippen LogP contribution in [0.4, 0.5) is 5.69 Å². The van der Waals surface area contributed by atoms with Gasteiger partial charge in [-0.15, -0.1) is 0 Å². The monoisotopic (exact) mass is 267 g/mol. The molecule has 0 spiro atoms. The van der Waals surface area contributed by atoms with Gasteiger partial charge < -0.3 is 0 Å². The van der Waals surface area contributed by atoms with Crippen LogP contribution in [0.5, 0.6) is 0 Å². The molecule has 98 valence electrons. The molecule has 0 saturated heterocycles. The summed E-state index contributed by atoms with van der Waals surface area (Å²) in [6.07, 6.45) is 0. The average Bonchev–Trinajstić information content (AvgIpc) is 2.24. The first-order valence-electron chi connectivity index (χ1n) is 5.44. The lowest BCUT2D eigenvalue weighted by molar-refractivity contribution is 0.490. The van der Waals surface area contributed by atoms with Crippen LogP contribution in [0.2, 0.25) is 0 Å². The maximum Gasteiger partial charge on any atom is 0.301 e. The van der Waals surface area contributed by atoms with Gasteiger partial charge in [-0.05, 0) is 32.9 Å². The van der Waals surface area contributed by atoms with Crippen LogP contribution < -0.4 is 9.03 Å².